The van der Waals surface area contributed by atoms with E-state index in [2.05, 4.69) is 4.90 Å². The fraction of sp³-hybridized carbons (Fsp3) is 1.00. The van der Waals surface area contributed by atoms with E-state index < -0.39 is 0 Å². The number of ether oxygens (including phenoxy) is 2. The molecule has 1 saturated carbocycles. The van der Waals surface area contributed by atoms with Crippen molar-refractivity contribution in [1.29, 1.82) is 0 Å². The average Bonchev–Trinajstić information content (AvgIpc) is 3.02. The lowest BCUT2D eigenvalue weighted by Gasteiger charge is -2.24. The predicted octanol–water partition coefficient (Wildman–Crippen LogP) is 0.496. The summed E-state index contributed by atoms with van der Waals surface area (Å²) < 4.78 is 10.7. The maximum Gasteiger partial charge on any atom is 0.0698 e. The lowest BCUT2D eigenvalue weighted by atomic mass is 10.1. The van der Waals surface area contributed by atoms with Gasteiger partial charge in [-0.1, -0.05) is 0 Å². The maximum atomic E-state index is 8.63. The molecule has 4 heteroatoms. The summed E-state index contributed by atoms with van der Waals surface area (Å²) in [5, 5.41) is 8.63. The van der Waals surface area contributed by atoms with Gasteiger partial charge >= 0.3 is 0 Å². The highest BCUT2D eigenvalue weighted by molar-refractivity contribution is 4.86. The van der Waals surface area contributed by atoms with E-state index in [-0.39, 0.29) is 6.61 Å². The van der Waals surface area contributed by atoms with Crippen LogP contribution < -0.4 is 0 Å². The van der Waals surface area contributed by atoms with Crippen molar-refractivity contribution in [3.8, 4) is 0 Å². The van der Waals surface area contributed by atoms with Crippen LogP contribution in [0.25, 0.3) is 0 Å². The zero-order valence-electron chi connectivity index (χ0n) is 9.94. The number of hydrogen-bond acceptors (Lipinski definition) is 4. The molecule has 2 aliphatic rings. The molecule has 1 unspecified atom stereocenters. The van der Waals surface area contributed by atoms with Gasteiger partial charge < -0.3 is 14.6 Å². The molecule has 0 radical (unpaired) electrons. The molecule has 1 N–H and O–H groups in total. The number of aliphatic hydroxyl groups excluding tert-OH is 1. The summed E-state index contributed by atoms with van der Waals surface area (Å²) in [6, 6.07) is 0.790. The summed E-state index contributed by atoms with van der Waals surface area (Å²) in [4.78, 5) is 2.54. The summed E-state index contributed by atoms with van der Waals surface area (Å²) in [6.45, 7) is 5.36. The van der Waals surface area contributed by atoms with Crippen molar-refractivity contribution in [2.45, 2.75) is 25.3 Å². The van der Waals surface area contributed by atoms with Gasteiger partial charge in [0.1, 0.15) is 0 Å². The van der Waals surface area contributed by atoms with Gasteiger partial charge in [0, 0.05) is 25.7 Å². The first-order valence-electron chi connectivity index (χ1n) is 6.40. The first-order chi connectivity index (χ1) is 7.90. The Hall–Kier alpha value is -0.160. The zero-order valence-corrected chi connectivity index (χ0v) is 9.94. The van der Waals surface area contributed by atoms with Crippen molar-refractivity contribution in [2.24, 2.45) is 5.92 Å². The summed E-state index contributed by atoms with van der Waals surface area (Å²) in [6.07, 6.45) is 3.89. The molecule has 0 aromatic carbocycles. The van der Waals surface area contributed by atoms with Gasteiger partial charge in [-0.25, -0.2) is 0 Å². The third-order valence-electron chi connectivity index (χ3n) is 3.34. The van der Waals surface area contributed by atoms with Crippen LogP contribution in [0.1, 0.15) is 19.3 Å². The molecule has 94 valence electrons. The van der Waals surface area contributed by atoms with Crippen LogP contribution in [-0.4, -0.2) is 62.2 Å². The third kappa shape index (κ3) is 4.01. The smallest absolute Gasteiger partial charge is 0.0698 e. The zero-order chi connectivity index (χ0) is 11.2. The molecular weight excluding hydrogens is 206 g/mol. The highest BCUT2D eigenvalue weighted by Crippen LogP contribution is 2.28. The van der Waals surface area contributed by atoms with Crippen molar-refractivity contribution < 1.29 is 14.6 Å². The fourth-order valence-corrected chi connectivity index (χ4v) is 2.27. The Morgan fingerprint density at radius 3 is 2.75 bits per heavy atom. The molecule has 0 bridgehead atoms. The lowest BCUT2D eigenvalue weighted by molar-refractivity contribution is 0.0670. The third-order valence-corrected chi connectivity index (χ3v) is 3.34. The molecule has 1 saturated heterocycles. The average molecular weight is 229 g/mol. The monoisotopic (exact) mass is 229 g/mol. The second-order valence-corrected chi connectivity index (χ2v) is 4.79. The normalized spacial score (nSPS) is 25.5. The Morgan fingerprint density at radius 1 is 1.25 bits per heavy atom. The minimum absolute atomic E-state index is 0.125. The molecule has 0 amide bonds. The van der Waals surface area contributed by atoms with E-state index in [1.54, 1.807) is 0 Å². The molecule has 1 aliphatic heterocycles. The van der Waals surface area contributed by atoms with E-state index in [0.29, 0.717) is 6.61 Å². The fourth-order valence-electron chi connectivity index (χ4n) is 2.27. The highest BCUT2D eigenvalue weighted by atomic mass is 16.5. The van der Waals surface area contributed by atoms with Gasteiger partial charge in [-0.3, -0.25) is 4.90 Å². The van der Waals surface area contributed by atoms with E-state index in [0.717, 1.165) is 44.9 Å². The van der Waals surface area contributed by atoms with Crippen molar-refractivity contribution in [1.82, 2.24) is 4.90 Å². The molecular formula is C12H23NO3. The molecule has 16 heavy (non-hydrogen) atoms. The van der Waals surface area contributed by atoms with Crippen molar-refractivity contribution >= 4 is 0 Å². The first kappa shape index (κ1) is 12.3. The molecule has 4 nitrogen and oxygen atoms in total. The van der Waals surface area contributed by atoms with E-state index in [9.17, 15) is 0 Å². The molecule has 2 fully saturated rings. The van der Waals surface area contributed by atoms with Crippen molar-refractivity contribution in [3.05, 3.63) is 0 Å². The molecule has 0 aromatic rings. The predicted molar refractivity (Wildman–Crippen MR) is 61.4 cm³/mol. The Morgan fingerprint density at radius 2 is 2.12 bits per heavy atom. The van der Waals surface area contributed by atoms with E-state index in [1.165, 1.54) is 19.3 Å². The summed E-state index contributed by atoms with van der Waals surface area (Å²) >= 11 is 0. The maximum absolute atomic E-state index is 8.63. The molecule has 1 heterocycles. The van der Waals surface area contributed by atoms with E-state index >= 15 is 0 Å². The number of hydrogen-bond donors (Lipinski definition) is 1. The van der Waals surface area contributed by atoms with E-state index in [1.807, 2.05) is 0 Å². The number of rotatable bonds is 8. The summed E-state index contributed by atoms with van der Waals surface area (Å²) in [5.74, 6) is 0.721. The second-order valence-electron chi connectivity index (χ2n) is 4.79. The Balaban J connectivity index is 1.63. The largest absolute Gasteiger partial charge is 0.394 e. The van der Waals surface area contributed by atoms with E-state index in [4.69, 9.17) is 14.6 Å². The molecule has 0 aromatic heterocycles. The minimum Gasteiger partial charge on any atom is -0.394 e. The highest BCUT2D eigenvalue weighted by Gasteiger charge is 2.31. The van der Waals surface area contributed by atoms with Crippen LogP contribution in [0.2, 0.25) is 0 Å². The Labute approximate surface area is 97.5 Å². The number of aliphatic hydroxyl groups is 1. The SMILES string of the molecule is OCCOCCN(CC1CCOC1)C1CC1. The Kier molecular flexibility index (Phi) is 5.03. The van der Waals surface area contributed by atoms with Crippen LogP contribution in [0.5, 0.6) is 0 Å². The van der Waals surface area contributed by atoms with Gasteiger partial charge in [0.25, 0.3) is 0 Å². The van der Waals surface area contributed by atoms with Crippen LogP contribution in [0.4, 0.5) is 0 Å². The van der Waals surface area contributed by atoms with Crippen LogP contribution in [-0.2, 0) is 9.47 Å². The van der Waals surface area contributed by atoms with Crippen molar-refractivity contribution in [3.63, 3.8) is 0 Å². The van der Waals surface area contributed by atoms with Crippen LogP contribution in [0.3, 0.4) is 0 Å². The van der Waals surface area contributed by atoms with Gasteiger partial charge in [-0.2, -0.15) is 0 Å². The second kappa shape index (κ2) is 6.55. The summed E-state index contributed by atoms with van der Waals surface area (Å²) in [5.41, 5.74) is 0. The van der Waals surface area contributed by atoms with Crippen LogP contribution in [0, 0.1) is 5.92 Å². The standard InChI is InChI=1S/C12H23NO3/c14-5-8-15-7-4-13(12-1-2-12)9-11-3-6-16-10-11/h11-12,14H,1-10H2. The quantitative estimate of drug-likeness (QED) is 0.615. The van der Waals surface area contributed by atoms with Crippen LogP contribution >= 0.6 is 0 Å². The van der Waals surface area contributed by atoms with Gasteiger partial charge in [-0.15, -0.1) is 0 Å². The van der Waals surface area contributed by atoms with Gasteiger partial charge in [-0.05, 0) is 25.2 Å². The minimum atomic E-state index is 0.125. The van der Waals surface area contributed by atoms with Crippen molar-refractivity contribution in [2.75, 3.05) is 46.1 Å². The summed E-state index contributed by atoms with van der Waals surface area (Å²) in [7, 11) is 0. The lowest BCUT2D eigenvalue weighted by Crippen LogP contribution is -2.34. The molecule has 1 atom stereocenters. The molecule has 1 aliphatic carbocycles. The van der Waals surface area contributed by atoms with Gasteiger partial charge in [0.05, 0.1) is 26.4 Å². The molecule has 0 spiro atoms. The topological polar surface area (TPSA) is 41.9 Å². The first-order valence-corrected chi connectivity index (χ1v) is 6.40. The molecule has 2 rings (SSSR count). The van der Waals surface area contributed by atoms with Gasteiger partial charge in [0.2, 0.25) is 0 Å². The van der Waals surface area contributed by atoms with Crippen LogP contribution in [0.15, 0.2) is 0 Å². The number of nitrogens with zero attached hydrogens (tertiary/aromatic N) is 1. The Bertz CT molecular complexity index is 191. The van der Waals surface area contributed by atoms with Gasteiger partial charge in [0.15, 0.2) is 0 Å².